The van der Waals surface area contributed by atoms with Crippen LogP contribution in [0.2, 0.25) is 0 Å². The predicted molar refractivity (Wildman–Crippen MR) is 122 cm³/mol. The highest BCUT2D eigenvalue weighted by atomic mass is 35.5. The summed E-state index contributed by atoms with van der Waals surface area (Å²) >= 11 is 6.63. The molecule has 0 aliphatic carbocycles. The van der Waals surface area contributed by atoms with E-state index in [-0.39, 0.29) is 4.90 Å². The molecule has 31 heavy (non-hydrogen) atoms. The monoisotopic (exact) mass is 461 g/mol. The van der Waals surface area contributed by atoms with Crippen LogP contribution in [0.25, 0.3) is 22.1 Å². The molecule has 1 saturated heterocycles. The molecule has 1 fully saturated rings. The van der Waals surface area contributed by atoms with Crippen LogP contribution in [0.15, 0.2) is 47.4 Å². The number of methoxy groups -OCH3 is 1. The zero-order valence-electron chi connectivity index (χ0n) is 17.4. The average molecular weight is 462 g/mol. The summed E-state index contributed by atoms with van der Waals surface area (Å²) in [5.74, 6) is 1.36. The number of hydrogen-bond acceptors (Lipinski definition) is 5. The summed E-state index contributed by atoms with van der Waals surface area (Å²) < 4.78 is 39.9. The molecular weight excluding hydrogens is 438 g/mol. The molecule has 1 aliphatic rings. The lowest BCUT2D eigenvalue weighted by molar-refractivity contribution is 0.0730. The van der Waals surface area contributed by atoms with E-state index in [1.54, 1.807) is 25.3 Å². The lowest BCUT2D eigenvalue weighted by Gasteiger charge is -2.26. The van der Waals surface area contributed by atoms with Crippen LogP contribution >= 0.6 is 11.6 Å². The Morgan fingerprint density at radius 2 is 1.90 bits per heavy atom. The molecule has 164 valence electrons. The van der Waals surface area contributed by atoms with E-state index in [4.69, 9.17) is 21.1 Å². The molecule has 0 atom stereocenters. The first kappa shape index (κ1) is 21.8. The van der Waals surface area contributed by atoms with Gasteiger partial charge < -0.3 is 14.0 Å². The minimum Gasteiger partial charge on any atom is -0.497 e. The van der Waals surface area contributed by atoms with Crippen LogP contribution in [0.4, 0.5) is 0 Å². The highest BCUT2D eigenvalue weighted by molar-refractivity contribution is 7.89. The third-order valence-electron chi connectivity index (χ3n) is 5.27. The fourth-order valence-corrected chi connectivity index (χ4v) is 5.32. The van der Waals surface area contributed by atoms with E-state index in [2.05, 4.69) is 4.98 Å². The Balaban J connectivity index is 1.72. The topological polar surface area (TPSA) is 73.7 Å². The summed E-state index contributed by atoms with van der Waals surface area (Å²) in [7, 11) is -1.97. The SMILES string of the molecule is CCn1c(C(Cl)=Cc2ccc(OC)cc2)nc2cc(S(=O)(=O)N3CCOCC3)ccc21. The number of aromatic nitrogens is 2. The maximum absolute atomic E-state index is 13.0. The molecule has 0 N–H and O–H groups in total. The number of aryl methyl sites for hydroxylation is 1. The number of ether oxygens (including phenoxy) is 2. The predicted octanol–water partition coefficient (Wildman–Crippen LogP) is 3.82. The molecule has 2 heterocycles. The van der Waals surface area contributed by atoms with Crippen LogP contribution in [0.3, 0.4) is 0 Å². The van der Waals surface area contributed by atoms with Crippen molar-refractivity contribution >= 4 is 43.8 Å². The number of halogens is 1. The molecule has 4 rings (SSSR count). The van der Waals surface area contributed by atoms with Gasteiger partial charge in [-0.25, -0.2) is 13.4 Å². The van der Waals surface area contributed by atoms with Gasteiger partial charge in [-0.1, -0.05) is 23.7 Å². The number of sulfonamides is 1. The fourth-order valence-electron chi connectivity index (χ4n) is 3.62. The number of imidazole rings is 1. The maximum Gasteiger partial charge on any atom is 0.243 e. The highest BCUT2D eigenvalue weighted by Crippen LogP contribution is 2.29. The molecule has 1 aromatic heterocycles. The van der Waals surface area contributed by atoms with E-state index in [1.807, 2.05) is 41.8 Å². The smallest absolute Gasteiger partial charge is 0.243 e. The zero-order valence-corrected chi connectivity index (χ0v) is 19.0. The Kier molecular flexibility index (Phi) is 6.34. The molecule has 9 heteroatoms. The maximum atomic E-state index is 13.0. The first-order chi connectivity index (χ1) is 14.9. The Labute approximate surface area is 186 Å². The molecule has 0 bridgehead atoms. The second-order valence-corrected chi connectivity index (χ2v) is 9.46. The van der Waals surface area contributed by atoms with Crippen LogP contribution in [-0.2, 0) is 21.3 Å². The van der Waals surface area contributed by atoms with Crippen LogP contribution in [0.1, 0.15) is 18.3 Å². The molecular formula is C22H24ClN3O4S. The van der Waals surface area contributed by atoms with Crippen molar-refractivity contribution in [2.45, 2.75) is 18.4 Å². The van der Waals surface area contributed by atoms with E-state index in [0.717, 1.165) is 16.8 Å². The summed E-state index contributed by atoms with van der Waals surface area (Å²) in [6.45, 7) is 4.16. The van der Waals surface area contributed by atoms with Gasteiger partial charge in [0.25, 0.3) is 0 Å². The van der Waals surface area contributed by atoms with Gasteiger partial charge in [-0.2, -0.15) is 4.31 Å². The molecule has 0 unspecified atom stereocenters. The number of benzene rings is 2. The van der Waals surface area contributed by atoms with E-state index in [1.165, 1.54) is 4.31 Å². The molecule has 0 spiro atoms. The Morgan fingerprint density at radius 1 is 1.19 bits per heavy atom. The van der Waals surface area contributed by atoms with Crippen LogP contribution in [0, 0.1) is 0 Å². The summed E-state index contributed by atoms with van der Waals surface area (Å²) in [5, 5.41) is 0.473. The molecule has 7 nitrogen and oxygen atoms in total. The van der Waals surface area contributed by atoms with Crippen LogP contribution in [-0.4, -0.2) is 55.7 Å². The standard InChI is InChI=1S/C22H24ClN3O4S/c1-3-26-21-9-8-18(31(27,28)25-10-12-30-13-11-25)15-20(21)24-22(26)19(23)14-16-4-6-17(29-2)7-5-16/h4-9,14-15H,3,10-13H2,1-2H3. The van der Waals surface area contributed by atoms with Crippen LogP contribution in [0.5, 0.6) is 5.75 Å². The average Bonchev–Trinajstić information content (AvgIpc) is 3.18. The minimum absolute atomic E-state index is 0.226. The van der Waals surface area contributed by atoms with Gasteiger partial charge in [-0.3, -0.25) is 0 Å². The van der Waals surface area contributed by atoms with Gasteiger partial charge in [-0.05, 0) is 48.9 Å². The van der Waals surface area contributed by atoms with E-state index in [9.17, 15) is 8.42 Å². The van der Waals surface area contributed by atoms with Crippen molar-refractivity contribution in [1.29, 1.82) is 0 Å². The third-order valence-corrected chi connectivity index (χ3v) is 7.44. The zero-order chi connectivity index (χ0) is 22.0. The quantitative estimate of drug-likeness (QED) is 0.558. The highest BCUT2D eigenvalue weighted by Gasteiger charge is 2.27. The van der Waals surface area contributed by atoms with Crippen molar-refractivity contribution in [3.05, 3.63) is 53.9 Å². The van der Waals surface area contributed by atoms with E-state index >= 15 is 0 Å². The molecule has 1 aliphatic heterocycles. The molecule has 0 amide bonds. The molecule has 3 aromatic rings. The van der Waals surface area contributed by atoms with Gasteiger partial charge >= 0.3 is 0 Å². The molecule has 0 saturated carbocycles. The number of hydrogen-bond donors (Lipinski definition) is 0. The van der Waals surface area contributed by atoms with Gasteiger partial charge in [0.2, 0.25) is 10.0 Å². The second-order valence-electron chi connectivity index (χ2n) is 7.11. The largest absolute Gasteiger partial charge is 0.497 e. The lowest BCUT2D eigenvalue weighted by atomic mass is 10.2. The number of morpholine rings is 1. The molecule has 0 radical (unpaired) electrons. The van der Waals surface area contributed by atoms with Crippen molar-refractivity contribution in [3.8, 4) is 5.75 Å². The lowest BCUT2D eigenvalue weighted by Crippen LogP contribution is -2.40. The number of nitrogens with zero attached hydrogens (tertiary/aromatic N) is 3. The van der Waals surface area contributed by atoms with E-state index < -0.39 is 10.0 Å². The fraction of sp³-hybridized carbons (Fsp3) is 0.318. The Morgan fingerprint density at radius 3 is 2.55 bits per heavy atom. The normalized spacial score (nSPS) is 16.0. The van der Waals surface area contributed by atoms with Gasteiger partial charge in [-0.15, -0.1) is 0 Å². The summed E-state index contributed by atoms with van der Waals surface area (Å²) in [4.78, 5) is 4.89. The number of rotatable bonds is 6. The van der Waals surface area contributed by atoms with Crippen molar-refractivity contribution in [2.24, 2.45) is 0 Å². The van der Waals surface area contributed by atoms with Gasteiger partial charge in [0.05, 0.1) is 41.3 Å². The summed E-state index contributed by atoms with van der Waals surface area (Å²) in [6, 6.07) is 12.6. The number of fused-ring (bicyclic) bond motifs is 1. The van der Waals surface area contributed by atoms with Gasteiger partial charge in [0.15, 0.2) is 5.82 Å². The first-order valence-electron chi connectivity index (χ1n) is 10.0. The Bertz CT molecular complexity index is 1210. The molecule has 2 aromatic carbocycles. The summed E-state index contributed by atoms with van der Waals surface area (Å²) in [5.41, 5.74) is 2.34. The van der Waals surface area contributed by atoms with Crippen LogP contribution < -0.4 is 4.74 Å². The first-order valence-corrected chi connectivity index (χ1v) is 11.9. The van der Waals surface area contributed by atoms with Crippen molar-refractivity contribution < 1.29 is 17.9 Å². The van der Waals surface area contributed by atoms with Gasteiger partial charge in [0.1, 0.15) is 5.75 Å². The summed E-state index contributed by atoms with van der Waals surface area (Å²) in [6.07, 6.45) is 1.83. The van der Waals surface area contributed by atoms with Crippen molar-refractivity contribution in [2.75, 3.05) is 33.4 Å². The Hall–Kier alpha value is -2.39. The van der Waals surface area contributed by atoms with E-state index in [0.29, 0.717) is 49.2 Å². The second kappa shape index (κ2) is 9.00. The third kappa shape index (κ3) is 4.34. The van der Waals surface area contributed by atoms with Gasteiger partial charge in [0, 0.05) is 19.6 Å². The van der Waals surface area contributed by atoms with Crippen molar-refractivity contribution in [1.82, 2.24) is 13.9 Å². The van der Waals surface area contributed by atoms with Crippen molar-refractivity contribution in [3.63, 3.8) is 0 Å². The minimum atomic E-state index is -3.59.